The molecular formula is C16H18N4O7. The molecule has 0 amide bonds. The van der Waals surface area contributed by atoms with Gasteiger partial charge < -0.3 is 18.9 Å². The zero-order valence-corrected chi connectivity index (χ0v) is 14.9. The van der Waals surface area contributed by atoms with Gasteiger partial charge in [-0.05, 0) is 0 Å². The van der Waals surface area contributed by atoms with Gasteiger partial charge in [0, 0.05) is 20.8 Å². The second kappa shape index (κ2) is 7.66. The van der Waals surface area contributed by atoms with E-state index in [1.165, 1.54) is 39.6 Å². The number of hydrogen-bond acceptors (Lipinski definition) is 10. The molecule has 1 aliphatic heterocycles. The van der Waals surface area contributed by atoms with Gasteiger partial charge in [-0.2, -0.15) is 0 Å². The van der Waals surface area contributed by atoms with Gasteiger partial charge in [0.1, 0.15) is 24.6 Å². The highest BCUT2D eigenvalue weighted by Gasteiger charge is 2.51. The van der Waals surface area contributed by atoms with Gasteiger partial charge >= 0.3 is 17.9 Å². The molecule has 0 spiro atoms. The van der Waals surface area contributed by atoms with Crippen molar-refractivity contribution in [1.82, 2.24) is 19.5 Å². The normalized spacial score (nSPS) is 24.6. The van der Waals surface area contributed by atoms with Crippen molar-refractivity contribution in [2.45, 2.75) is 45.3 Å². The summed E-state index contributed by atoms with van der Waals surface area (Å²) in [6, 6.07) is 0. The molecule has 0 N–H and O–H groups in total. The van der Waals surface area contributed by atoms with Crippen molar-refractivity contribution in [3.8, 4) is 0 Å². The number of carbonyl (C=O) groups excluding carboxylic acids is 3. The molecule has 144 valence electrons. The maximum absolute atomic E-state index is 11.6. The molecule has 0 aromatic carbocycles. The molecule has 1 fully saturated rings. The Hall–Kier alpha value is -3.08. The van der Waals surface area contributed by atoms with Crippen LogP contribution in [0.25, 0.3) is 11.2 Å². The second-order valence-electron chi connectivity index (χ2n) is 5.90. The Labute approximate surface area is 153 Å². The summed E-state index contributed by atoms with van der Waals surface area (Å²) >= 11 is 0. The van der Waals surface area contributed by atoms with Crippen molar-refractivity contribution in [1.29, 1.82) is 0 Å². The maximum atomic E-state index is 11.6. The number of hydrogen-bond donors (Lipinski definition) is 0. The number of rotatable bonds is 5. The summed E-state index contributed by atoms with van der Waals surface area (Å²) in [5.41, 5.74) is 0.956. The highest BCUT2D eigenvalue weighted by Crippen LogP contribution is 2.35. The van der Waals surface area contributed by atoms with Crippen molar-refractivity contribution >= 4 is 29.1 Å². The third-order valence-corrected chi connectivity index (χ3v) is 3.85. The molecule has 2 aromatic rings. The van der Waals surface area contributed by atoms with Crippen LogP contribution in [0.2, 0.25) is 0 Å². The van der Waals surface area contributed by atoms with E-state index >= 15 is 0 Å². The second-order valence-corrected chi connectivity index (χ2v) is 5.90. The van der Waals surface area contributed by atoms with Crippen LogP contribution in [0, 0.1) is 0 Å². The van der Waals surface area contributed by atoms with Gasteiger partial charge in [0.2, 0.25) is 0 Å². The molecule has 11 heteroatoms. The van der Waals surface area contributed by atoms with Crippen LogP contribution in [0.15, 0.2) is 18.9 Å². The minimum atomic E-state index is -0.987. The van der Waals surface area contributed by atoms with Crippen molar-refractivity contribution in [3.63, 3.8) is 0 Å². The van der Waals surface area contributed by atoms with E-state index in [0.717, 1.165) is 0 Å². The van der Waals surface area contributed by atoms with E-state index in [0.29, 0.717) is 11.2 Å². The van der Waals surface area contributed by atoms with Gasteiger partial charge in [-0.25, -0.2) is 15.0 Å². The zero-order chi connectivity index (χ0) is 19.6. The summed E-state index contributed by atoms with van der Waals surface area (Å²) in [6.45, 7) is 3.52. The minimum absolute atomic E-state index is 0.177. The first-order valence-corrected chi connectivity index (χ1v) is 8.12. The highest BCUT2D eigenvalue weighted by atomic mass is 16.7. The molecule has 11 nitrogen and oxygen atoms in total. The van der Waals surface area contributed by atoms with Crippen LogP contribution >= 0.6 is 0 Å². The quantitative estimate of drug-likeness (QED) is 0.523. The molecule has 4 atom stereocenters. The number of esters is 3. The topological polar surface area (TPSA) is 132 Å². The lowest BCUT2D eigenvalue weighted by Gasteiger charge is -2.23. The van der Waals surface area contributed by atoms with Gasteiger partial charge in [0.05, 0.1) is 12.5 Å². The van der Waals surface area contributed by atoms with Crippen molar-refractivity contribution in [2.24, 2.45) is 0 Å². The summed E-state index contributed by atoms with van der Waals surface area (Å²) in [6.07, 6.45) is 0.629. The standard InChI is InChI=1S/C16H18N4O7/c1-8(21)24-5-12-13(25-9(2)22)14(26-10(3)23)16(27-12)20-7-19-11-4-17-6-18-15(11)20/h4,6-7,12-14,16H,5H2,1-3H3/t12-,13+,14+,16+/m1/s1. The molecule has 2 aromatic heterocycles. The molecule has 0 bridgehead atoms. The number of imidazole rings is 1. The number of nitrogens with zero attached hydrogens (tertiary/aromatic N) is 4. The molecule has 0 unspecified atom stereocenters. The van der Waals surface area contributed by atoms with Crippen molar-refractivity contribution in [3.05, 3.63) is 18.9 Å². The smallest absolute Gasteiger partial charge is 0.303 e. The number of carbonyl (C=O) groups is 3. The molecule has 0 radical (unpaired) electrons. The molecule has 3 heterocycles. The van der Waals surface area contributed by atoms with Gasteiger partial charge in [-0.1, -0.05) is 0 Å². The first-order chi connectivity index (χ1) is 12.9. The van der Waals surface area contributed by atoms with Crippen molar-refractivity contribution in [2.75, 3.05) is 6.61 Å². The van der Waals surface area contributed by atoms with Crippen LogP contribution in [0.1, 0.15) is 27.0 Å². The van der Waals surface area contributed by atoms with E-state index in [9.17, 15) is 14.4 Å². The average Bonchev–Trinajstić information content (AvgIpc) is 3.15. The minimum Gasteiger partial charge on any atom is -0.463 e. The number of aromatic nitrogens is 4. The molecule has 3 rings (SSSR count). The van der Waals surface area contributed by atoms with Gasteiger partial charge in [0.25, 0.3) is 0 Å². The van der Waals surface area contributed by atoms with Gasteiger partial charge in [-0.3, -0.25) is 19.0 Å². The number of fused-ring (bicyclic) bond motifs is 1. The summed E-state index contributed by atoms with van der Waals surface area (Å²) in [5, 5.41) is 0. The third kappa shape index (κ3) is 4.03. The van der Waals surface area contributed by atoms with E-state index in [-0.39, 0.29) is 6.61 Å². The Morgan fingerprint density at radius 1 is 1.07 bits per heavy atom. The first kappa shape index (κ1) is 18.7. The third-order valence-electron chi connectivity index (χ3n) is 3.85. The number of ether oxygens (including phenoxy) is 4. The fraction of sp³-hybridized carbons (Fsp3) is 0.500. The van der Waals surface area contributed by atoms with Crippen LogP contribution in [0.5, 0.6) is 0 Å². The molecule has 1 saturated heterocycles. The summed E-state index contributed by atoms with van der Waals surface area (Å²) in [5.74, 6) is -1.70. The molecule has 27 heavy (non-hydrogen) atoms. The lowest BCUT2D eigenvalue weighted by molar-refractivity contribution is -0.166. The largest absolute Gasteiger partial charge is 0.463 e. The average molecular weight is 378 g/mol. The Morgan fingerprint density at radius 3 is 2.44 bits per heavy atom. The molecule has 1 aliphatic rings. The Balaban J connectivity index is 1.98. The Kier molecular flexibility index (Phi) is 5.31. The van der Waals surface area contributed by atoms with E-state index in [1.807, 2.05) is 0 Å². The molecule has 0 aliphatic carbocycles. The van der Waals surface area contributed by atoms with Crippen LogP contribution in [0.4, 0.5) is 0 Å². The van der Waals surface area contributed by atoms with E-state index in [2.05, 4.69) is 15.0 Å². The van der Waals surface area contributed by atoms with Crippen LogP contribution in [-0.4, -0.2) is 62.3 Å². The Morgan fingerprint density at radius 2 is 1.78 bits per heavy atom. The lowest BCUT2D eigenvalue weighted by atomic mass is 10.1. The zero-order valence-electron chi connectivity index (χ0n) is 14.9. The predicted octanol–water partition coefficient (Wildman–Crippen LogP) is 0.150. The first-order valence-electron chi connectivity index (χ1n) is 8.12. The van der Waals surface area contributed by atoms with Crippen molar-refractivity contribution < 1.29 is 33.3 Å². The summed E-state index contributed by atoms with van der Waals surface area (Å²) < 4.78 is 23.2. The van der Waals surface area contributed by atoms with Gasteiger partial charge in [0.15, 0.2) is 24.1 Å². The van der Waals surface area contributed by atoms with E-state index in [1.54, 1.807) is 4.57 Å². The Bertz CT molecular complexity index is 867. The van der Waals surface area contributed by atoms with Crippen LogP contribution in [0.3, 0.4) is 0 Å². The maximum Gasteiger partial charge on any atom is 0.303 e. The van der Waals surface area contributed by atoms with Crippen LogP contribution in [-0.2, 0) is 33.3 Å². The highest BCUT2D eigenvalue weighted by molar-refractivity contribution is 5.70. The monoisotopic (exact) mass is 378 g/mol. The predicted molar refractivity (Wildman–Crippen MR) is 87.0 cm³/mol. The van der Waals surface area contributed by atoms with E-state index < -0.39 is 42.4 Å². The van der Waals surface area contributed by atoms with E-state index in [4.69, 9.17) is 18.9 Å². The fourth-order valence-corrected chi connectivity index (χ4v) is 2.89. The summed E-state index contributed by atoms with van der Waals surface area (Å²) in [4.78, 5) is 46.6. The van der Waals surface area contributed by atoms with Gasteiger partial charge in [-0.15, -0.1) is 0 Å². The molecular weight excluding hydrogens is 360 g/mol. The fourth-order valence-electron chi connectivity index (χ4n) is 2.89. The lowest BCUT2D eigenvalue weighted by Crippen LogP contribution is -2.40. The summed E-state index contributed by atoms with van der Waals surface area (Å²) in [7, 11) is 0. The SMILES string of the molecule is CC(=O)OC[C@H]1O[C@H](n2cnc3cncnc32)[C@@H](OC(C)=O)[C@H]1OC(C)=O. The molecule has 0 saturated carbocycles. The van der Waals surface area contributed by atoms with Crippen LogP contribution < -0.4 is 0 Å².